The largest absolute Gasteiger partial charge is 0.411 e. The lowest BCUT2D eigenvalue weighted by molar-refractivity contribution is -0.134. The van der Waals surface area contributed by atoms with Crippen LogP contribution in [0.1, 0.15) is 71.6 Å². The first-order valence-corrected chi connectivity index (χ1v) is 10.7. The molecule has 0 bridgehead atoms. The average Bonchev–Trinajstić information content (AvgIpc) is 3.06. The summed E-state index contributed by atoms with van der Waals surface area (Å²) in [5, 5.41) is 12.6. The van der Waals surface area contributed by atoms with Gasteiger partial charge in [-0.3, -0.25) is 4.79 Å². The molecule has 27 heavy (non-hydrogen) atoms. The summed E-state index contributed by atoms with van der Waals surface area (Å²) >= 11 is 0. The molecule has 1 N–H and O–H groups in total. The number of hydrogen-bond donors (Lipinski definition) is 1. The van der Waals surface area contributed by atoms with Gasteiger partial charge in [0.25, 0.3) is 0 Å². The fourth-order valence-corrected chi connectivity index (χ4v) is 7.16. The van der Waals surface area contributed by atoms with Gasteiger partial charge >= 0.3 is 5.97 Å². The van der Waals surface area contributed by atoms with E-state index >= 15 is 0 Å². The van der Waals surface area contributed by atoms with Crippen LogP contribution in [0.15, 0.2) is 16.8 Å². The van der Waals surface area contributed by atoms with Crippen LogP contribution in [0.2, 0.25) is 0 Å². The van der Waals surface area contributed by atoms with Crippen LogP contribution in [0.3, 0.4) is 0 Å². The summed E-state index contributed by atoms with van der Waals surface area (Å²) in [5.41, 5.74) is 2.70. The highest BCUT2D eigenvalue weighted by Crippen LogP contribution is 2.64. The van der Waals surface area contributed by atoms with Crippen molar-refractivity contribution in [1.29, 1.82) is 0 Å². The molecule has 0 aliphatic heterocycles. The molecule has 0 aromatic rings. The Hall–Kier alpha value is -1.76. The molecule has 4 heteroatoms. The second-order valence-electron chi connectivity index (χ2n) is 9.02. The van der Waals surface area contributed by atoms with Crippen LogP contribution in [-0.2, 0) is 9.53 Å². The number of esters is 1. The fraction of sp³-hybridized carbons (Fsp3) is 0.739. The highest BCUT2D eigenvalue weighted by Gasteiger charge is 2.57. The zero-order chi connectivity index (χ0) is 19.0. The maximum Gasteiger partial charge on any atom is 0.316 e. The minimum atomic E-state index is -0.319. The summed E-state index contributed by atoms with van der Waals surface area (Å²) in [5.74, 6) is 6.40. The van der Waals surface area contributed by atoms with Crippen molar-refractivity contribution in [2.45, 2.75) is 71.6 Å². The molecule has 0 amide bonds. The molecule has 3 fully saturated rings. The Bertz CT molecular complexity index is 728. The zero-order valence-corrected chi connectivity index (χ0v) is 16.5. The third-order valence-electron chi connectivity index (χ3n) is 8.25. The SMILES string of the molecule is CC[C@]12CC[C@H]3[C@@H](CCC4=CC(=NO)CC[C@@H]43)[C@@H]1CC[C@H]2C#COC(C)=O. The molecular formula is C23H31NO3. The Kier molecular flexibility index (Phi) is 5.05. The van der Waals surface area contributed by atoms with Crippen LogP contribution < -0.4 is 0 Å². The van der Waals surface area contributed by atoms with E-state index < -0.39 is 0 Å². The molecular weight excluding hydrogens is 338 g/mol. The quantitative estimate of drug-likeness (QED) is 0.309. The van der Waals surface area contributed by atoms with Crippen LogP contribution in [0, 0.1) is 47.0 Å². The smallest absolute Gasteiger partial charge is 0.316 e. The van der Waals surface area contributed by atoms with Crippen molar-refractivity contribution in [1.82, 2.24) is 0 Å². The Morgan fingerprint density at radius 2 is 2.11 bits per heavy atom. The standard InChI is InChI=1S/C23H31NO3/c1-3-23-12-10-20-19-8-6-18(24-26)14-16(19)4-7-21(20)22(23)9-5-17(23)11-13-27-15(2)25/h14,17,19-22,26H,3-10,12H2,1-2H3/t17-,19-,20+,21+,22-,23+/m0/s1. The fourth-order valence-electron chi connectivity index (χ4n) is 7.16. The van der Waals surface area contributed by atoms with Gasteiger partial charge < -0.3 is 9.94 Å². The number of ether oxygens (including phenoxy) is 1. The van der Waals surface area contributed by atoms with E-state index in [2.05, 4.69) is 30.2 Å². The summed E-state index contributed by atoms with van der Waals surface area (Å²) in [6.45, 7) is 3.75. The number of carbonyl (C=O) groups is 1. The van der Waals surface area contributed by atoms with Crippen molar-refractivity contribution in [3.63, 3.8) is 0 Å². The third-order valence-corrected chi connectivity index (χ3v) is 8.25. The van der Waals surface area contributed by atoms with Gasteiger partial charge in [0.15, 0.2) is 0 Å². The molecule has 6 atom stereocenters. The number of rotatable bonds is 1. The maximum absolute atomic E-state index is 11.1. The van der Waals surface area contributed by atoms with E-state index in [1.165, 1.54) is 44.6 Å². The topological polar surface area (TPSA) is 58.9 Å². The molecule has 0 saturated heterocycles. The summed E-state index contributed by atoms with van der Waals surface area (Å²) < 4.78 is 4.93. The van der Waals surface area contributed by atoms with E-state index in [0.717, 1.165) is 49.1 Å². The molecule has 0 unspecified atom stereocenters. The Labute approximate surface area is 162 Å². The van der Waals surface area contributed by atoms with Gasteiger partial charge in [-0.25, -0.2) is 0 Å². The van der Waals surface area contributed by atoms with E-state index in [0.29, 0.717) is 17.3 Å². The lowest BCUT2D eigenvalue weighted by Crippen LogP contribution is -2.47. The second kappa shape index (κ2) is 7.34. The number of nitrogens with zero attached hydrogens (tertiary/aromatic N) is 1. The van der Waals surface area contributed by atoms with Gasteiger partial charge in [0.05, 0.1) is 5.71 Å². The van der Waals surface area contributed by atoms with E-state index in [-0.39, 0.29) is 5.97 Å². The number of fused-ring (bicyclic) bond motifs is 5. The maximum atomic E-state index is 11.1. The van der Waals surface area contributed by atoms with Crippen molar-refractivity contribution in [3.05, 3.63) is 11.6 Å². The van der Waals surface area contributed by atoms with Gasteiger partial charge in [-0.05, 0) is 93.0 Å². The van der Waals surface area contributed by atoms with Gasteiger partial charge in [-0.1, -0.05) is 23.6 Å². The van der Waals surface area contributed by atoms with Crippen molar-refractivity contribution < 1.29 is 14.7 Å². The highest BCUT2D eigenvalue weighted by molar-refractivity contribution is 5.96. The van der Waals surface area contributed by atoms with Gasteiger partial charge in [0.1, 0.15) is 6.11 Å². The van der Waals surface area contributed by atoms with Crippen LogP contribution in [0.25, 0.3) is 0 Å². The predicted molar refractivity (Wildman–Crippen MR) is 104 cm³/mol. The van der Waals surface area contributed by atoms with E-state index in [4.69, 9.17) is 9.94 Å². The van der Waals surface area contributed by atoms with Crippen LogP contribution in [0.5, 0.6) is 0 Å². The van der Waals surface area contributed by atoms with E-state index in [9.17, 15) is 4.79 Å². The van der Waals surface area contributed by atoms with Gasteiger partial charge in [0, 0.05) is 12.8 Å². The number of hydrogen-bond acceptors (Lipinski definition) is 4. The Morgan fingerprint density at radius 1 is 1.26 bits per heavy atom. The molecule has 3 saturated carbocycles. The van der Waals surface area contributed by atoms with Crippen LogP contribution in [-0.4, -0.2) is 16.9 Å². The van der Waals surface area contributed by atoms with Crippen molar-refractivity contribution in [2.75, 3.05) is 0 Å². The van der Waals surface area contributed by atoms with Crippen molar-refractivity contribution in [2.24, 2.45) is 40.2 Å². The molecule has 0 heterocycles. The molecule has 0 radical (unpaired) electrons. The molecule has 0 aromatic carbocycles. The summed E-state index contributed by atoms with van der Waals surface area (Å²) in [4.78, 5) is 11.1. The van der Waals surface area contributed by atoms with E-state index in [1.54, 1.807) is 0 Å². The first-order valence-electron chi connectivity index (χ1n) is 10.7. The minimum Gasteiger partial charge on any atom is -0.411 e. The molecule has 4 rings (SSSR count). The van der Waals surface area contributed by atoms with Gasteiger partial charge in [0.2, 0.25) is 0 Å². The highest BCUT2D eigenvalue weighted by atomic mass is 16.5. The number of carbonyl (C=O) groups excluding carboxylic acids is 1. The normalized spacial score (nSPS) is 41.5. The molecule has 146 valence electrons. The average molecular weight is 370 g/mol. The van der Waals surface area contributed by atoms with Crippen LogP contribution in [0.4, 0.5) is 0 Å². The summed E-state index contributed by atoms with van der Waals surface area (Å²) in [6.07, 6.45) is 15.5. The molecule has 0 spiro atoms. The lowest BCUT2D eigenvalue weighted by Gasteiger charge is -2.54. The number of allylic oxidation sites excluding steroid dienone is 2. The van der Waals surface area contributed by atoms with Gasteiger partial charge in [-0.2, -0.15) is 0 Å². The zero-order valence-electron chi connectivity index (χ0n) is 16.5. The molecule has 0 aromatic heterocycles. The molecule has 4 nitrogen and oxygen atoms in total. The summed E-state index contributed by atoms with van der Waals surface area (Å²) in [6, 6.07) is 0. The second-order valence-corrected chi connectivity index (χ2v) is 9.02. The minimum absolute atomic E-state index is 0.307. The predicted octanol–water partition coefficient (Wildman–Crippen LogP) is 4.92. The molecule has 4 aliphatic rings. The first kappa shape index (κ1) is 18.6. The van der Waals surface area contributed by atoms with Gasteiger partial charge in [-0.15, -0.1) is 0 Å². The van der Waals surface area contributed by atoms with Crippen LogP contribution >= 0.6 is 0 Å². The lowest BCUT2D eigenvalue weighted by atomic mass is 9.50. The Morgan fingerprint density at radius 3 is 2.85 bits per heavy atom. The Balaban J connectivity index is 1.56. The molecule has 4 aliphatic carbocycles. The number of oxime groups is 1. The van der Waals surface area contributed by atoms with Crippen molar-refractivity contribution >= 4 is 11.7 Å². The first-order chi connectivity index (χ1) is 13.1. The third kappa shape index (κ3) is 3.10. The van der Waals surface area contributed by atoms with E-state index in [1.807, 2.05) is 0 Å². The van der Waals surface area contributed by atoms with Crippen molar-refractivity contribution in [3.8, 4) is 12.0 Å². The monoisotopic (exact) mass is 369 g/mol. The summed E-state index contributed by atoms with van der Waals surface area (Å²) in [7, 11) is 0.